The average molecular weight is 354 g/mol. The van der Waals surface area contributed by atoms with Crippen molar-refractivity contribution in [3.8, 4) is 11.5 Å². The summed E-state index contributed by atoms with van der Waals surface area (Å²) in [6.45, 7) is 0.360. The quantitative estimate of drug-likeness (QED) is 0.655. The van der Waals surface area contributed by atoms with Crippen LogP contribution in [0, 0.1) is 0 Å². The zero-order valence-electron chi connectivity index (χ0n) is 14.2. The lowest BCUT2D eigenvalue weighted by atomic mass is 10.0. The van der Waals surface area contributed by atoms with Gasteiger partial charge in [0.15, 0.2) is 0 Å². The predicted octanol–water partition coefficient (Wildman–Crippen LogP) is 3.40. The Hall–Kier alpha value is -3.28. The maximum atomic E-state index is 11.8. The van der Waals surface area contributed by atoms with Gasteiger partial charge in [0.1, 0.15) is 23.7 Å². The molecular formula is C20H18O6. The first-order valence-electron chi connectivity index (χ1n) is 8.10. The Morgan fingerprint density at radius 1 is 1.15 bits per heavy atom. The van der Waals surface area contributed by atoms with Crippen LogP contribution in [0.25, 0.3) is 11.0 Å². The van der Waals surface area contributed by atoms with E-state index in [9.17, 15) is 9.59 Å². The van der Waals surface area contributed by atoms with E-state index in [1.165, 1.54) is 13.2 Å². The van der Waals surface area contributed by atoms with Crippen LogP contribution in [0.2, 0.25) is 0 Å². The summed E-state index contributed by atoms with van der Waals surface area (Å²) in [6, 6.07) is 14.3. The molecule has 1 aromatic heterocycles. The Kier molecular flexibility index (Phi) is 5.22. The van der Waals surface area contributed by atoms with Crippen molar-refractivity contribution >= 4 is 16.9 Å². The minimum Gasteiger partial charge on any atom is -0.496 e. The van der Waals surface area contributed by atoms with Crippen molar-refractivity contribution in [3.05, 3.63) is 70.1 Å². The summed E-state index contributed by atoms with van der Waals surface area (Å²) in [4.78, 5) is 22.7. The Labute approximate surface area is 149 Å². The summed E-state index contributed by atoms with van der Waals surface area (Å²) in [7, 11) is 1.50. The standard InChI is InChI=1S/C20H18O6/c1-24-16-10-15(25-12-13-5-3-2-4-6-13)11-17-20(16)14(7-8-18(21)22)9-19(23)26-17/h2-6,9-11H,7-8,12H2,1H3,(H,21,22). The normalized spacial score (nSPS) is 10.7. The maximum Gasteiger partial charge on any atom is 0.336 e. The Morgan fingerprint density at radius 2 is 1.92 bits per heavy atom. The van der Waals surface area contributed by atoms with Gasteiger partial charge in [0, 0.05) is 24.6 Å². The topological polar surface area (TPSA) is 86.0 Å². The van der Waals surface area contributed by atoms with Crippen molar-refractivity contribution in [1.82, 2.24) is 0 Å². The van der Waals surface area contributed by atoms with Gasteiger partial charge in [0.25, 0.3) is 0 Å². The Morgan fingerprint density at radius 3 is 2.62 bits per heavy atom. The molecule has 3 aromatic rings. The van der Waals surface area contributed by atoms with Gasteiger partial charge >= 0.3 is 11.6 Å². The van der Waals surface area contributed by atoms with Crippen LogP contribution < -0.4 is 15.1 Å². The zero-order valence-corrected chi connectivity index (χ0v) is 14.2. The van der Waals surface area contributed by atoms with Gasteiger partial charge in [-0.3, -0.25) is 4.79 Å². The maximum absolute atomic E-state index is 11.8. The van der Waals surface area contributed by atoms with E-state index in [2.05, 4.69) is 0 Å². The number of aliphatic carboxylic acids is 1. The fourth-order valence-electron chi connectivity index (χ4n) is 2.74. The lowest BCUT2D eigenvalue weighted by molar-refractivity contribution is -0.136. The minimum absolute atomic E-state index is 0.0893. The highest BCUT2D eigenvalue weighted by Gasteiger charge is 2.14. The second-order valence-corrected chi connectivity index (χ2v) is 5.76. The number of aryl methyl sites for hydroxylation is 1. The van der Waals surface area contributed by atoms with Crippen LogP contribution in [-0.2, 0) is 17.8 Å². The largest absolute Gasteiger partial charge is 0.496 e. The highest BCUT2D eigenvalue weighted by molar-refractivity contribution is 5.88. The summed E-state index contributed by atoms with van der Waals surface area (Å²) < 4.78 is 16.5. The number of carboxylic acid groups (broad SMARTS) is 1. The highest BCUT2D eigenvalue weighted by atomic mass is 16.5. The monoisotopic (exact) mass is 354 g/mol. The lowest BCUT2D eigenvalue weighted by Gasteiger charge is -2.12. The fourth-order valence-corrected chi connectivity index (χ4v) is 2.74. The van der Waals surface area contributed by atoms with Crippen molar-refractivity contribution in [2.45, 2.75) is 19.4 Å². The molecule has 0 bridgehead atoms. The van der Waals surface area contributed by atoms with Gasteiger partial charge in [0.05, 0.1) is 12.5 Å². The molecule has 6 nitrogen and oxygen atoms in total. The molecule has 0 spiro atoms. The van der Waals surface area contributed by atoms with E-state index in [1.807, 2.05) is 30.3 Å². The molecule has 26 heavy (non-hydrogen) atoms. The molecule has 3 rings (SSSR count). The Bertz CT molecular complexity index is 975. The van der Waals surface area contributed by atoms with Gasteiger partial charge in [0.2, 0.25) is 0 Å². The van der Waals surface area contributed by atoms with Crippen LogP contribution in [0.3, 0.4) is 0 Å². The first-order chi connectivity index (χ1) is 12.6. The van der Waals surface area contributed by atoms with Crippen molar-refractivity contribution in [3.63, 3.8) is 0 Å². The molecule has 134 valence electrons. The number of ether oxygens (including phenoxy) is 2. The van der Waals surface area contributed by atoms with E-state index in [-0.39, 0.29) is 12.8 Å². The first-order valence-corrected chi connectivity index (χ1v) is 8.10. The summed E-state index contributed by atoms with van der Waals surface area (Å²) >= 11 is 0. The van der Waals surface area contributed by atoms with E-state index < -0.39 is 11.6 Å². The third-order valence-corrected chi connectivity index (χ3v) is 3.94. The predicted molar refractivity (Wildman–Crippen MR) is 95.8 cm³/mol. The molecular weight excluding hydrogens is 336 g/mol. The van der Waals surface area contributed by atoms with Gasteiger partial charge in [-0.2, -0.15) is 0 Å². The molecule has 0 saturated carbocycles. The number of benzene rings is 2. The van der Waals surface area contributed by atoms with Crippen molar-refractivity contribution in [2.75, 3.05) is 7.11 Å². The number of hydrogen-bond acceptors (Lipinski definition) is 5. The highest BCUT2D eigenvalue weighted by Crippen LogP contribution is 2.33. The molecule has 0 atom stereocenters. The van der Waals surface area contributed by atoms with Gasteiger partial charge in [-0.1, -0.05) is 30.3 Å². The van der Waals surface area contributed by atoms with Crippen LogP contribution in [0.4, 0.5) is 0 Å². The molecule has 1 N–H and O–H groups in total. The summed E-state index contributed by atoms with van der Waals surface area (Å²) in [5, 5.41) is 9.50. The number of methoxy groups -OCH3 is 1. The second-order valence-electron chi connectivity index (χ2n) is 5.76. The summed E-state index contributed by atoms with van der Waals surface area (Å²) in [6.07, 6.45) is 0.117. The fraction of sp³-hybridized carbons (Fsp3) is 0.200. The number of hydrogen-bond donors (Lipinski definition) is 1. The number of rotatable bonds is 7. The van der Waals surface area contributed by atoms with Crippen LogP contribution >= 0.6 is 0 Å². The van der Waals surface area contributed by atoms with Crippen LogP contribution in [0.15, 0.2) is 57.7 Å². The zero-order chi connectivity index (χ0) is 18.5. The average Bonchev–Trinajstić information content (AvgIpc) is 2.64. The molecule has 0 aliphatic carbocycles. The van der Waals surface area contributed by atoms with Gasteiger partial charge in [-0.25, -0.2) is 4.79 Å². The van der Waals surface area contributed by atoms with E-state index in [4.69, 9.17) is 19.0 Å². The molecule has 1 heterocycles. The molecule has 0 saturated heterocycles. The number of carbonyl (C=O) groups is 1. The first kappa shape index (κ1) is 17.5. The van der Waals surface area contributed by atoms with Gasteiger partial charge < -0.3 is 19.0 Å². The van der Waals surface area contributed by atoms with Crippen LogP contribution in [-0.4, -0.2) is 18.2 Å². The smallest absolute Gasteiger partial charge is 0.336 e. The molecule has 0 aliphatic heterocycles. The van der Waals surface area contributed by atoms with Gasteiger partial charge in [-0.15, -0.1) is 0 Å². The molecule has 0 aliphatic rings. The van der Waals surface area contributed by atoms with E-state index in [1.54, 1.807) is 12.1 Å². The Balaban J connectivity index is 1.97. The third-order valence-electron chi connectivity index (χ3n) is 3.94. The van der Waals surface area contributed by atoms with E-state index >= 15 is 0 Å². The van der Waals surface area contributed by atoms with Crippen molar-refractivity contribution in [2.24, 2.45) is 0 Å². The van der Waals surface area contributed by atoms with Crippen molar-refractivity contribution in [1.29, 1.82) is 0 Å². The third kappa shape index (κ3) is 4.03. The van der Waals surface area contributed by atoms with Crippen LogP contribution in [0.5, 0.6) is 11.5 Å². The second kappa shape index (κ2) is 7.74. The summed E-state index contributed by atoms with van der Waals surface area (Å²) in [5.41, 5.74) is 1.34. The minimum atomic E-state index is -0.937. The molecule has 0 unspecified atom stereocenters. The number of carboxylic acids is 1. The van der Waals surface area contributed by atoms with Gasteiger partial charge in [-0.05, 0) is 17.5 Å². The van der Waals surface area contributed by atoms with E-state index in [0.717, 1.165) is 5.56 Å². The van der Waals surface area contributed by atoms with Crippen molar-refractivity contribution < 1.29 is 23.8 Å². The molecule has 2 aromatic carbocycles. The molecule has 6 heteroatoms. The van der Waals surface area contributed by atoms with Crippen LogP contribution in [0.1, 0.15) is 17.5 Å². The summed E-state index contributed by atoms with van der Waals surface area (Å²) in [5.74, 6) is 0.0274. The number of fused-ring (bicyclic) bond motifs is 1. The van der Waals surface area contributed by atoms with E-state index in [0.29, 0.717) is 34.6 Å². The lowest BCUT2D eigenvalue weighted by Crippen LogP contribution is -2.05. The molecule has 0 fully saturated rings. The molecule has 0 amide bonds. The molecule has 0 radical (unpaired) electrons. The SMILES string of the molecule is COc1cc(OCc2ccccc2)cc2oc(=O)cc(CCC(=O)O)c12.